The Kier molecular flexibility index (Phi) is 4.05. The molecule has 0 saturated carbocycles. The van der Waals surface area contributed by atoms with Gasteiger partial charge in [-0.3, -0.25) is 0 Å². The SMILES string of the molecule is COc1cccc(NCc2ccc(Cl)c(F)c2)c1. The van der Waals surface area contributed by atoms with Crippen LogP contribution in [0.15, 0.2) is 42.5 Å². The number of hydrogen-bond acceptors (Lipinski definition) is 2. The van der Waals surface area contributed by atoms with Gasteiger partial charge in [0.1, 0.15) is 11.6 Å². The van der Waals surface area contributed by atoms with Crippen LogP contribution in [0.4, 0.5) is 10.1 Å². The fourth-order valence-corrected chi connectivity index (χ4v) is 1.70. The second-order valence-electron chi connectivity index (χ2n) is 3.83. The van der Waals surface area contributed by atoms with Gasteiger partial charge in [-0.2, -0.15) is 0 Å². The van der Waals surface area contributed by atoms with Crippen molar-refractivity contribution >= 4 is 17.3 Å². The summed E-state index contributed by atoms with van der Waals surface area (Å²) >= 11 is 5.63. The van der Waals surface area contributed by atoms with Crippen molar-refractivity contribution in [2.24, 2.45) is 0 Å². The van der Waals surface area contributed by atoms with E-state index in [1.165, 1.54) is 6.07 Å². The summed E-state index contributed by atoms with van der Waals surface area (Å²) in [6, 6.07) is 12.3. The third kappa shape index (κ3) is 3.14. The van der Waals surface area contributed by atoms with E-state index in [-0.39, 0.29) is 5.02 Å². The first-order valence-electron chi connectivity index (χ1n) is 5.51. The predicted octanol–water partition coefficient (Wildman–Crippen LogP) is 4.10. The van der Waals surface area contributed by atoms with Crippen LogP contribution < -0.4 is 10.1 Å². The lowest BCUT2D eigenvalue weighted by atomic mass is 10.2. The Balaban J connectivity index is 2.04. The molecule has 2 aromatic carbocycles. The lowest BCUT2D eigenvalue weighted by molar-refractivity contribution is 0.415. The van der Waals surface area contributed by atoms with Crippen molar-refractivity contribution in [3.8, 4) is 5.75 Å². The highest BCUT2D eigenvalue weighted by atomic mass is 35.5. The molecule has 0 spiro atoms. The largest absolute Gasteiger partial charge is 0.497 e. The summed E-state index contributed by atoms with van der Waals surface area (Å²) < 4.78 is 18.4. The highest BCUT2D eigenvalue weighted by Crippen LogP contribution is 2.19. The van der Waals surface area contributed by atoms with Gasteiger partial charge in [0.05, 0.1) is 12.1 Å². The quantitative estimate of drug-likeness (QED) is 0.899. The maximum Gasteiger partial charge on any atom is 0.142 e. The Bertz CT molecular complexity index is 545. The maximum atomic E-state index is 13.2. The van der Waals surface area contributed by atoms with Gasteiger partial charge in [-0.15, -0.1) is 0 Å². The van der Waals surface area contributed by atoms with Gasteiger partial charge >= 0.3 is 0 Å². The average molecular weight is 266 g/mol. The molecule has 0 aliphatic carbocycles. The molecule has 0 unspecified atom stereocenters. The van der Waals surface area contributed by atoms with Crippen LogP contribution in [0.5, 0.6) is 5.75 Å². The topological polar surface area (TPSA) is 21.3 Å². The molecular weight excluding hydrogens is 253 g/mol. The zero-order valence-corrected chi connectivity index (χ0v) is 10.7. The molecule has 0 heterocycles. The van der Waals surface area contributed by atoms with Crippen molar-refractivity contribution in [2.45, 2.75) is 6.54 Å². The van der Waals surface area contributed by atoms with Crippen LogP contribution in [0.1, 0.15) is 5.56 Å². The van der Waals surface area contributed by atoms with E-state index in [4.69, 9.17) is 16.3 Å². The van der Waals surface area contributed by atoms with E-state index < -0.39 is 5.82 Å². The molecule has 0 bridgehead atoms. The van der Waals surface area contributed by atoms with Crippen LogP contribution in [0.3, 0.4) is 0 Å². The monoisotopic (exact) mass is 265 g/mol. The number of ether oxygens (including phenoxy) is 1. The molecule has 0 amide bonds. The summed E-state index contributed by atoms with van der Waals surface area (Å²) in [5, 5.41) is 3.33. The number of anilines is 1. The van der Waals surface area contributed by atoms with Gasteiger partial charge in [-0.05, 0) is 29.8 Å². The van der Waals surface area contributed by atoms with Crippen molar-refractivity contribution < 1.29 is 9.13 Å². The van der Waals surface area contributed by atoms with Crippen molar-refractivity contribution in [3.63, 3.8) is 0 Å². The molecule has 2 rings (SSSR count). The van der Waals surface area contributed by atoms with Crippen LogP contribution in [0.2, 0.25) is 5.02 Å². The number of halogens is 2. The van der Waals surface area contributed by atoms with Crippen molar-refractivity contribution in [2.75, 3.05) is 12.4 Å². The van der Waals surface area contributed by atoms with Crippen LogP contribution >= 0.6 is 11.6 Å². The molecule has 0 saturated heterocycles. The zero-order chi connectivity index (χ0) is 13.0. The molecule has 4 heteroatoms. The van der Waals surface area contributed by atoms with Crippen molar-refractivity contribution in [1.29, 1.82) is 0 Å². The van der Waals surface area contributed by atoms with E-state index in [2.05, 4.69) is 5.32 Å². The van der Waals surface area contributed by atoms with Gasteiger partial charge < -0.3 is 10.1 Å². The van der Waals surface area contributed by atoms with Crippen molar-refractivity contribution in [3.05, 3.63) is 58.9 Å². The van der Waals surface area contributed by atoms with E-state index in [9.17, 15) is 4.39 Å². The van der Waals surface area contributed by atoms with Gasteiger partial charge in [0.2, 0.25) is 0 Å². The highest BCUT2D eigenvalue weighted by molar-refractivity contribution is 6.30. The Morgan fingerprint density at radius 2 is 2.06 bits per heavy atom. The molecule has 18 heavy (non-hydrogen) atoms. The minimum absolute atomic E-state index is 0.139. The van der Waals surface area contributed by atoms with Crippen LogP contribution in [0, 0.1) is 5.82 Å². The number of nitrogens with one attached hydrogen (secondary N) is 1. The second kappa shape index (κ2) is 5.74. The molecule has 0 aromatic heterocycles. The number of rotatable bonds is 4. The molecule has 0 aliphatic heterocycles. The van der Waals surface area contributed by atoms with Gasteiger partial charge in [0.15, 0.2) is 0 Å². The molecule has 0 aliphatic rings. The van der Waals surface area contributed by atoms with Gasteiger partial charge in [0.25, 0.3) is 0 Å². The Morgan fingerprint density at radius 1 is 1.22 bits per heavy atom. The lowest BCUT2D eigenvalue weighted by Crippen LogP contribution is -2.00. The summed E-state index contributed by atoms with van der Waals surface area (Å²) in [7, 11) is 1.62. The van der Waals surface area contributed by atoms with E-state index in [1.54, 1.807) is 19.2 Å². The Hall–Kier alpha value is -1.74. The first-order chi connectivity index (χ1) is 8.69. The molecule has 0 fully saturated rings. The molecular formula is C14H13ClFNO. The fourth-order valence-electron chi connectivity index (χ4n) is 1.59. The summed E-state index contributed by atoms with van der Waals surface area (Å²) in [6.07, 6.45) is 0. The first kappa shape index (κ1) is 12.7. The summed E-state index contributed by atoms with van der Waals surface area (Å²) in [4.78, 5) is 0. The van der Waals surface area contributed by atoms with E-state index in [0.717, 1.165) is 17.0 Å². The van der Waals surface area contributed by atoms with Crippen LogP contribution in [-0.4, -0.2) is 7.11 Å². The molecule has 2 nitrogen and oxygen atoms in total. The van der Waals surface area contributed by atoms with Gasteiger partial charge in [-0.1, -0.05) is 23.7 Å². The normalized spacial score (nSPS) is 10.2. The number of methoxy groups -OCH3 is 1. The van der Waals surface area contributed by atoms with Gasteiger partial charge in [0, 0.05) is 18.3 Å². The minimum atomic E-state index is -0.401. The second-order valence-corrected chi connectivity index (χ2v) is 4.24. The van der Waals surface area contributed by atoms with Crippen LogP contribution in [0.25, 0.3) is 0 Å². The third-order valence-corrected chi connectivity index (χ3v) is 2.86. The van der Waals surface area contributed by atoms with E-state index in [1.807, 2.05) is 24.3 Å². The third-order valence-electron chi connectivity index (χ3n) is 2.55. The molecule has 1 N–H and O–H groups in total. The fraction of sp³-hybridized carbons (Fsp3) is 0.143. The zero-order valence-electron chi connectivity index (χ0n) is 9.91. The van der Waals surface area contributed by atoms with E-state index >= 15 is 0 Å². The summed E-state index contributed by atoms with van der Waals surface area (Å²) in [5.74, 6) is 0.379. The predicted molar refractivity (Wildman–Crippen MR) is 71.7 cm³/mol. The summed E-state index contributed by atoms with van der Waals surface area (Å²) in [5.41, 5.74) is 1.75. The summed E-state index contributed by atoms with van der Waals surface area (Å²) in [6.45, 7) is 0.529. The molecule has 94 valence electrons. The smallest absolute Gasteiger partial charge is 0.142 e. The van der Waals surface area contributed by atoms with Crippen LogP contribution in [-0.2, 0) is 6.54 Å². The molecule has 2 aromatic rings. The Morgan fingerprint density at radius 3 is 2.78 bits per heavy atom. The average Bonchev–Trinajstić information content (AvgIpc) is 2.40. The first-order valence-corrected chi connectivity index (χ1v) is 5.88. The van der Waals surface area contributed by atoms with Crippen molar-refractivity contribution in [1.82, 2.24) is 0 Å². The lowest BCUT2D eigenvalue weighted by Gasteiger charge is -2.08. The Labute approximate surface area is 110 Å². The van der Waals surface area contributed by atoms with E-state index in [0.29, 0.717) is 6.54 Å². The number of hydrogen-bond donors (Lipinski definition) is 1. The molecule has 0 atom stereocenters. The maximum absolute atomic E-state index is 13.2. The van der Waals surface area contributed by atoms with Gasteiger partial charge in [-0.25, -0.2) is 4.39 Å². The highest BCUT2D eigenvalue weighted by Gasteiger charge is 2.01. The number of benzene rings is 2. The minimum Gasteiger partial charge on any atom is -0.497 e. The molecule has 0 radical (unpaired) electrons. The standard InChI is InChI=1S/C14H13ClFNO/c1-18-12-4-2-3-11(8-12)17-9-10-5-6-13(15)14(16)7-10/h2-8,17H,9H2,1H3.